The Kier molecular flexibility index (Phi) is 12.9. The van der Waals surface area contributed by atoms with Crippen LogP contribution < -0.4 is 0 Å². The van der Waals surface area contributed by atoms with Crippen molar-refractivity contribution < 1.29 is 8.76 Å². The topological polar surface area (TPSA) is 37.3 Å². The first-order valence-corrected chi connectivity index (χ1v) is 4.12. The van der Waals surface area contributed by atoms with Gasteiger partial charge in [-0.15, -0.1) is 0 Å². The fourth-order valence-corrected chi connectivity index (χ4v) is 0.927. The van der Waals surface area contributed by atoms with Crippen LogP contribution >= 0.6 is 0 Å². The van der Waals surface area contributed by atoms with Crippen LogP contribution in [0.1, 0.15) is 26.2 Å². The summed E-state index contributed by atoms with van der Waals surface area (Å²) in [6, 6.07) is 0. The molecular formula is C5H13NaO2S. The van der Waals surface area contributed by atoms with E-state index in [4.69, 9.17) is 4.55 Å². The molecule has 0 saturated heterocycles. The van der Waals surface area contributed by atoms with Crippen LogP contribution in [0.5, 0.6) is 0 Å². The summed E-state index contributed by atoms with van der Waals surface area (Å²) in [5.41, 5.74) is 0. The Labute approximate surface area is 81.0 Å². The second-order valence-corrected chi connectivity index (χ2v) is 2.78. The molecule has 2 nitrogen and oxygen atoms in total. The normalized spacial score (nSPS) is 12.2. The van der Waals surface area contributed by atoms with Crippen LogP contribution in [0.3, 0.4) is 0 Å². The third-order valence-corrected chi connectivity index (χ3v) is 1.56. The van der Waals surface area contributed by atoms with Crippen LogP contribution in [0, 0.1) is 0 Å². The van der Waals surface area contributed by atoms with Crippen molar-refractivity contribution in [2.75, 3.05) is 5.75 Å². The Bertz CT molecular complexity index is 77.4. The predicted octanol–water partition coefficient (Wildman–Crippen LogP) is 0.750. The van der Waals surface area contributed by atoms with Crippen LogP contribution in [0.25, 0.3) is 0 Å². The molecule has 4 heteroatoms. The molecule has 0 aromatic rings. The van der Waals surface area contributed by atoms with Crippen LogP contribution in [0.4, 0.5) is 0 Å². The average Bonchev–Trinajstić information content (AvgIpc) is 1.66. The van der Waals surface area contributed by atoms with Crippen molar-refractivity contribution >= 4 is 40.6 Å². The molecule has 0 aliphatic rings. The van der Waals surface area contributed by atoms with Gasteiger partial charge in [0.2, 0.25) is 0 Å². The number of rotatable bonds is 4. The van der Waals surface area contributed by atoms with Gasteiger partial charge in [-0.25, -0.2) is 4.21 Å². The molecule has 1 N–H and O–H groups in total. The van der Waals surface area contributed by atoms with Gasteiger partial charge in [0.05, 0.1) is 0 Å². The molecule has 0 aromatic carbocycles. The zero-order chi connectivity index (χ0) is 6.41. The van der Waals surface area contributed by atoms with Gasteiger partial charge in [0, 0.05) is 5.75 Å². The maximum absolute atomic E-state index is 9.99. The van der Waals surface area contributed by atoms with Crippen molar-refractivity contribution in [2.24, 2.45) is 0 Å². The Balaban J connectivity index is 0. The van der Waals surface area contributed by atoms with Crippen LogP contribution in [-0.4, -0.2) is 44.1 Å². The molecule has 0 heterocycles. The molecule has 0 rings (SSSR count). The Hall–Kier alpha value is 1.11. The predicted molar refractivity (Wildman–Crippen MR) is 42.3 cm³/mol. The van der Waals surface area contributed by atoms with E-state index >= 15 is 0 Å². The van der Waals surface area contributed by atoms with E-state index in [2.05, 4.69) is 6.92 Å². The molecule has 1 atom stereocenters. The Morgan fingerprint density at radius 1 is 1.44 bits per heavy atom. The van der Waals surface area contributed by atoms with Gasteiger partial charge in [-0.2, -0.15) is 0 Å². The molecule has 0 spiro atoms. The van der Waals surface area contributed by atoms with E-state index in [0.717, 1.165) is 19.3 Å². The molecular weight excluding hydrogens is 147 g/mol. The summed E-state index contributed by atoms with van der Waals surface area (Å²) in [4.78, 5) is 0. The first kappa shape index (κ1) is 12.8. The molecule has 0 bridgehead atoms. The van der Waals surface area contributed by atoms with Crippen LogP contribution in [0.15, 0.2) is 0 Å². The van der Waals surface area contributed by atoms with E-state index in [1.54, 1.807) is 0 Å². The second kappa shape index (κ2) is 9.11. The third-order valence-electron chi connectivity index (χ3n) is 0.923. The molecule has 0 amide bonds. The minimum absolute atomic E-state index is 0. The van der Waals surface area contributed by atoms with Crippen molar-refractivity contribution in [3.63, 3.8) is 0 Å². The summed E-state index contributed by atoms with van der Waals surface area (Å²) in [5, 5.41) is 0. The van der Waals surface area contributed by atoms with Gasteiger partial charge in [0.15, 0.2) is 11.1 Å². The molecule has 0 radical (unpaired) electrons. The number of hydrogen-bond donors (Lipinski definition) is 1. The van der Waals surface area contributed by atoms with Crippen molar-refractivity contribution in [1.29, 1.82) is 0 Å². The van der Waals surface area contributed by atoms with Gasteiger partial charge in [0.1, 0.15) is 0 Å². The SMILES string of the molecule is CCCCCS(=O)O.[NaH]. The van der Waals surface area contributed by atoms with E-state index in [9.17, 15) is 4.21 Å². The van der Waals surface area contributed by atoms with Gasteiger partial charge >= 0.3 is 29.6 Å². The average molecular weight is 160 g/mol. The quantitative estimate of drug-likeness (QED) is 0.374. The van der Waals surface area contributed by atoms with Gasteiger partial charge in [0.25, 0.3) is 0 Å². The summed E-state index contributed by atoms with van der Waals surface area (Å²) in [5.74, 6) is 0.438. The van der Waals surface area contributed by atoms with Crippen LogP contribution in [0.2, 0.25) is 0 Å². The summed E-state index contributed by atoms with van der Waals surface area (Å²) in [7, 11) is 0. The monoisotopic (exact) mass is 160 g/mol. The van der Waals surface area contributed by atoms with Gasteiger partial charge in [-0.3, -0.25) is 0 Å². The van der Waals surface area contributed by atoms with E-state index in [0.29, 0.717) is 5.75 Å². The molecule has 0 aliphatic carbocycles. The van der Waals surface area contributed by atoms with E-state index < -0.39 is 11.1 Å². The zero-order valence-electron chi connectivity index (χ0n) is 5.09. The third kappa shape index (κ3) is 12.3. The van der Waals surface area contributed by atoms with E-state index in [1.165, 1.54) is 0 Å². The first-order chi connectivity index (χ1) is 3.77. The van der Waals surface area contributed by atoms with E-state index in [-0.39, 0.29) is 29.6 Å². The molecule has 0 fully saturated rings. The molecule has 0 saturated carbocycles. The summed E-state index contributed by atoms with van der Waals surface area (Å²) >= 11 is -1.57. The van der Waals surface area contributed by atoms with Crippen molar-refractivity contribution in [1.82, 2.24) is 0 Å². The Morgan fingerprint density at radius 2 is 2.00 bits per heavy atom. The van der Waals surface area contributed by atoms with Gasteiger partial charge in [-0.1, -0.05) is 19.8 Å². The summed E-state index contributed by atoms with van der Waals surface area (Å²) in [6.07, 6.45) is 3.04. The molecule has 52 valence electrons. The van der Waals surface area contributed by atoms with Crippen LogP contribution in [-0.2, 0) is 11.1 Å². The fourth-order valence-electron chi connectivity index (χ4n) is 0.476. The zero-order valence-corrected chi connectivity index (χ0v) is 5.91. The standard InChI is InChI=1S/C5H12O2S.Na.H/c1-2-3-4-5-8(6)7;;/h2-5H2,1H3,(H,6,7);;. The van der Waals surface area contributed by atoms with Crippen molar-refractivity contribution in [3.8, 4) is 0 Å². The molecule has 0 aromatic heterocycles. The van der Waals surface area contributed by atoms with Crippen molar-refractivity contribution in [2.45, 2.75) is 26.2 Å². The van der Waals surface area contributed by atoms with E-state index in [1.807, 2.05) is 0 Å². The fraction of sp³-hybridized carbons (Fsp3) is 1.00. The Morgan fingerprint density at radius 3 is 2.33 bits per heavy atom. The second-order valence-electron chi connectivity index (χ2n) is 1.73. The molecule has 9 heavy (non-hydrogen) atoms. The van der Waals surface area contributed by atoms with Gasteiger partial charge in [-0.05, 0) is 6.42 Å². The number of unbranched alkanes of at least 4 members (excludes halogenated alkanes) is 2. The van der Waals surface area contributed by atoms with Crippen molar-refractivity contribution in [3.05, 3.63) is 0 Å². The summed E-state index contributed by atoms with van der Waals surface area (Å²) < 4.78 is 18.2. The summed E-state index contributed by atoms with van der Waals surface area (Å²) in [6.45, 7) is 2.07. The number of hydrogen-bond acceptors (Lipinski definition) is 1. The molecule has 0 aliphatic heterocycles. The maximum atomic E-state index is 9.99. The minimum atomic E-state index is -1.57. The van der Waals surface area contributed by atoms with Gasteiger partial charge < -0.3 is 4.55 Å². The molecule has 1 unspecified atom stereocenters. The first-order valence-electron chi connectivity index (χ1n) is 2.85.